The molecule has 1 saturated carbocycles. The molecular weight excluding hydrogens is 432 g/mol. The average molecular weight is 465 g/mol. The molecule has 0 unspecified atom stereocenters. The normalized spacial score (nSPS) is 18.0. The van der Waals surface area contributed by atoms with E-state index in [4.69, 9.17) is 14.5 Å². The number of rotatable bonds is 9. The molecule has 2 heterocycles. The molecule has 180 valence electrons. The quantitative estimate of drug-likeness (QED) is 0.609. The maximum atomic E-state index is 12.5. The van der Waals surface area contributed by atoms with Crippen LogP contribution in [0.3, 0.4) is 0 Å². The number of pyridine rings is 1. The zero-order valence-corrected chi connectivity index (χ0v) is 19.9. The highest BCUT2D eigenvalue weighted by Gasteiger charge is 2.33. The Balaban J connectivity index is 1.51. The fourth-order valence-electron chi connectivity index (χ4n) is 4.34. The Labute approximate surface area is 200 Å². The predicted octanol–water partition coefficient (Wildman–Crippen LogP) is 2.98. The number of aliphatic hydroxyl groups is 1. The molecule has 1 saturated heterocycles. The topological polar surface area (TPSA) is 98.9 Å². The predicted molar refractivity (Wildman–Crippen MR) is 128 cm³/mol. The Morgan fingerprint density at radius 3 is 2.59 bits per heavy atom. The van der Waals surface area contributed by atoms with Crippen molar-refractivity contribution < 1.29 is 19.4 Å². The van der Waals surface area contributed by atoms with Gasteiger partial charge in [-0.3, -0.25) is 4.79 Å². The largest absolute Gasteiger partial charge is 0.487 e. The van der Waals surface area contributed by atoms with Gasteiger partial charge in [-0.2, -0.15) is 5.26 Å². The second kappa shape index (κ2) is 10.9. The first-order valence-corrected chi connectivity index (χ1v) is 11.8. The minimum Gasteiger partial charge on any atom is -0.487 e. The number of piperazine rings is 1. The van der Waals surface area contributed by atoms with E-state index in [1.807, 2.05) is 42.2 Å². The van der Waals surface area contributed by atoms with E-state index < -0.39 is 0 Å². The number of nitriles is 1. The van der Waals surface area contributed by atoms with Crippen LogP contribution in [0.25, 0.3) is 0 Å². The summed E-state index contributed by atoms with van der Waals surface area (Å²) in [6, 6.07) is 11.8. The summed E-state index contributed by atoms with van der Waals surface area (Å²) in [5, 5.41) is 19.1. The lowest BCUT2D eigenvalue weighted by atomic mass is 10.1. The molecule has 1 aromatic heterocycles. The summed E-state index contributed by atoms with van der Waals surface area (Å²) in [6.07, 6.45) is 2.51. The van der Waals surface area contributed by atoms with Gasteiger partial charge >= 0.3 is 0 Å². The van der Waals surface area contributed by atoms with Crippen LogP contribution in [0.5, 0.6) is 5.75 Å². The minimum absolute atomic E-state index is 0.0120. The SMILES string of the molecule is COCCC(=O)N1CCN(c2nc(C3CC3)c(OCc3ccc(CO)cc3)cc2C#N)C[C@H]1C. The van der Waals surface area contributed by atoms with Gasteiger partial charge in [-0.05, 0) is 30.9 Å². The first kappa shape index (κ1) is 24.0. The lowest BCUT2D eigenvalue weighted by Crippen LogP contribution is -2.54. The molecule has 4 rings (SSSR count). The number of hydrogen-bond acceptors (Lipinski definition) is 7. The van der Waals surface area contributed by atoms with E-state index in [1.54, 1.807) is 7.11 Å². The first-order valence-electron chi connectivity index (χ1n) is 11.8. The van der Waals surface area contributed by atoms with Crippen molar-refractivity contribution in [3.8, 4) is 11.8 Å². The summed E-state index contributed by atoms with van der Waals surface area (Å²) < 4.78 is 11.2. The number of methoxy groups -OCH3 is 1. The first-order chi connectivity index (χ1) is 16.5. The van der Waals surface area contributed by atoms with Crippen molar-refractivity contribution in [3.05, 3.63) is 52.7 Å². The zero-order chi connectivity index (χ0) is 24.1. The number of aromatic nitrogens is 1. The Kier molecular flexibility index (Phi) is 7.66. The molecule has 0 radical (unpaired) electrons. The second-order valence-corrected chi connectivity index (χ2v) is 9.02. The van der Waals surface area contributed by atoms with E-state index in [0.717, 1.165) is 29.7 Å². The van der Waals surface area contributed by atoms with E-state index in [1.165, 1.54) is 0 Å². The number of hydrogen-bond donors (Lipinski definition) is 1. The number of nitrogens with zero attached hydrogens (tertiary/aromatic N) is 4. The molecule has 0 spiro atoms. The van der Waals surface area contributed by atoms with Crippen LogP contribution in [0, 0.1) is 11.3 Å². The van der Waals surface area contributed by atoms with Crippen molar-refractivity contribution in [1.29, 1.82) is 5.26 Å². The number of carbonyl (C=O) groups is 1. The van der Waals surface area contributed by atoms with Crippen LogP contribution < -0.4 is 9.64 Å². The van der Waals surface area contributed by atoms with Gasteiger partial charge in [0.05, 0.1) is 30.9 Å². The van der Waals surface area contributed by atoms with Gasteiger partial charge in [0.25, 0.3) is 0 Å². The molecule has 34 heavy (non-hydrogen) atoms. The molecule has 2 fully saturated rings. The highest BCUT2D eigenvalue weighted by molar-refractivity contribution is 5.77. The Morgan fingerprint density at radius 2 is 1.97 bits per heavy atom. The summed E-state index contributed by atoms with van der Waals surface area (Å²) in [4.78, 5) is 21.4. The Hall–Kier alpha value is -3.15. The third-order valence-electron chi connectivity index (χ3n) is 6.45. The van der Waals surface area contributed by atoms with E-state index in [9.17, 15) is 15.2 Å². The van der Waals surface area contributed by atoms with Gasteiger partial charge in [0.2, 0.25) is 5.91 Å². The number of aliphatic hydroxyl groups excluding tert-OH is 1. The monoisotopic (exact) mass is 464 g/mol. The molecule has 1 atom stereocenters. The third-order valence-corrected chi connectivity index (χ3v) is 6.45. The molecular formula is C26H32N4O4. The van der Waals surface area contributed by atoms with E-state index in [2.05, 4.69) is 11.0 Å². The van der Waals surface area contributed by atoms with Crippen LogP contribution in [0.15, 0.2) is 30.3 Å². The fourth-order valence-corrected chi connectivity index (χ4v) is 4.34. The van der Waals surface area contributed by atoms with Crippen LogP contribution in [0.1, 0.15) is 54.5 Å². The van der Waals surface area contributed by atoms with Crippen LogP contribution >= 0.6 is 0 Å². The van der Waals surface area contributed by atoms with Gasteiger partial charge in [-0.15, -0.1) is 0 Å². The molecule has 1 aliphatic carbocycles. The average Bonchev–Trinajstić information content (AvgIpc) is 3.71. The molecule has 1 aliphatic heterocycles. The highest BCUT2D eigenvalue weighted by atomic mass is 16.5. The van der Waals surface area contributed by atoms with Crippen molar-refractivity contribution in [2.75, 3.05) is 38.3 Å². The molecule has 2 aliphatic rings. The standard InChI is InChI=1S/C26H32N4O4/c1-18-15-29(10-11-30(18)24(32)9-12-33-2)26-22(14-27)13-23(25(28-26)21-7-8-21)34-17-20-5-3-19(16-31)4-6-20/h3-6,13,18,21,31H,7-12,15-17H2,1-2H3/t18-/m1/s1. The van der Waals surface area contributed by atoms with Gasteiger partial charge in [-0.25, -0.2) is 4.98 Å². The molecule has 0 bridgehead atoms. The van der Waals surface area contributed by atoms with Gasteiger partial charge in [0, 0.05) is 44.8 Å². The van der Waals surface area contributed by atoms with Crippen molar-refractivity contribution in [1.82, 2.24) is 9.88 Å². The van der Waals surface area contributed by atoms with Crippen LogP contribution in [0.2, 0.25) is 0 Å². The van der Waals surface area contributed by atoms with Crippen LogP contribution in [-0.4, -0.2) is 60.3 Å². The summed E-state index contributed by atoms with van der Waals surface area (Å²) >= 11 is 0. The Bertz CT molecular complexity index is 1050. The van der Waals surface area contributed by atoms with Crippen molar-refractivity contribution in [2.24, 2.45) is 0 Å². The highest BCUT2D eigenvalue weighted by Crippen LogP contribution is 2.45. The maximum absolute atomic E-state index is 12.5. The lowest BCUT2D eigenvalue weighted by molar-refractivity contribution is -0.134. The molecule has 8 heteroatoms. The summed E-state index contributed by atoms with van der Waals surface area (Å²) in [7, 11) is 1.60. The lowest BCUT2D eigenvalue weighted by Gasteiger charge is -2.40. The Morgan fingerprint density at radius 1 is 1.24 bits per heavy atom. The smallest absolute Gasteiger partial charge is 0.225 e. The van der Waals surface area contributed by atoms with Crippen LogP contribution in [-0.2, 0) is 22.7 Å². The maximum Gasteiger partial charge on any atom is 0.225 e. The molecule has 1 N–H and O–H groups in total. The summed E-state index contributed by atoms with van der Waals surface area (Å²) in [5.74, 6) is 1.79. The second-order valence-electron chi connectivity index (χ2n) is 9.02. The number of ether oxygens (including phenoxy) is 2. The molecule has 8 nitrogen and oxygen atoms in total. The number of anilines is 1. The van der Waals surface area contributed by atoms with Crippen LogP contribution in [0.4, 0.5) is 5.82 Å². The van der Waals surface area contributed by atoms with Crippen molar-refractivity contribution >= 4 is 11.7 Å². The number of amides is 1. The van der Waals surface area contributed by atoms with E-state index in [-0.39, 0.29) is 18.6 Å². The zero-order valence-electron chi connectivity index (χ0n) is 19.9. The fraction of sp³-hybridized carbons (Fsp3) is 0.500. The summed E-state index contributed by atoms with van der Waals surface area (Å²) in [5.41, 5.74) is 3.24. The van der Waals surface area contributed by atoms with Crippen molar-refractivity contribution in [2.45, 2.75) is 51.4 Å². The van der Waals surface area contributed by atoms with Gasteiger partial charge in [0.15, 0.2) is 0 Å². The van der Waals surface area contributed by atoms with Gasteiger partial charge < -0.3 is 24.4 Å². The molecule has 1 aromatic carbocycles. The third kappa shape index (κ3) is 5.49. The number of benzene rings is 1. The molecule has 2 aromatic rings. The molecule has 1 amide bonds. The van der Waals surface area contributed by atoms with Gasteiger partial charge in [-0.1, -0.05) is 24.3 Å². The van der Waals surface area contributed by atoms with Crippen molar-refractivity contribution in [3.63, 3.8) is 0 Å². The van der Waals surface area contributed by atoms with Gasteiger partial charge in [0.1, 0.15) is 24.2 Å². The minimum atomic E-state index is 0.0120. The van der Waals surface area contributed by atoms with E-state index >= 15 is 0 Å². The summed E-state index contributed by atoms with van der Waals surface area (Å²) in [6.45, 7) is 4.69. The van der Waals surface area contributed by atoms with E-state index in [0.29, 0.717) is 62.3 Å². The number of carbonyl (C=O) groups excluding carboxylic acids is 1.